The van der Waals surface area contributed by atoms with Crippen LogP contribution in [0, 0.1) is 19.8 Å². The van der Waals surface area contributed by atoms with Gasteiger partial charge in [0, 0.05) is 10.4 Å². The first kappa shape index (κ1) is 21.1. The van der Waals surface area contributed by atoms with Gasteiger partial charge in [0.05, 0.1) is 16.1 Å². The van der Waals surface area contributed by atoms with Crippen molar-refractivity contribution in [2.45, 2.75) is 46.6 Å². The Hall–Kier alpha value is -3.13. The molecule has 0 saturated carbocycles. The number of carbonyl (C=O) groups excluding carboxylic acids is 2. The lowest BCUT2D eigenvalue weighted by atomic mass is 9.90. The predicted octanol–water partition coefficient (Wildman–Crippen LogP) is 4.13. The average Bonchev–Trinajstić information content (AvgIpc) is 3.33. The van der Waals surface area contributed by atoms with Crippen molar-refractivity contribution >= 4 is 23.2 Å². The van der Waals surface area contributed by atoms with E-state index in [1.165, 1.54) is 21.8 Å². The van der Waals surface area contributed by atoms with Gasteiger partial charge in [-0.3, -0.25) is 20.4 Å². The fraction of sp³-hybridized carbons (Fsp3) is 0.348. The lowest BCUT2D eigenvalue weighted by molar-refractivity contribution is 0.0849. The molecule has 3 aromatic rings. The number of thiophene rings is 1. The zero-order valence-electron chi connectivity index (χ0n) is 17.8. The number of aryl methyl sites for hydroxylation is 3. The minimum atomic E-state index is -0.388. The summed E-state index contributed by atoms with van der Waals surface area (Å²) < 4.78 is 10.9. The van der Waals surface area contributed by atoms with Crippen LogP contribution in [0.15, 0.2) is 34.9 Å². The molecule has 0 radical (unpaired) electrons. The van der Waals surface area contributed by atoms with Crippen LogP contribution in [0.1, 0.15) is 60.8 Å². The molecule has 7 nitrogen and oxygen atoms in total. The van der Waals surface area contributed by atoms with E-state index in [1.54, 1.807) is 24.3 Å². The second-order valence-electron chi connectivity index (χ2n) is 7.93. The molecule has 1 aliphatic rings. The molecule has 0 spiro atoms. The fourth-order valence-corrected chi connectivity index (χ4v) is 4.73. The van der Waals surface area contributed by atoms with Crippen LogP contribution in [0.2, 0.25) is 0 Å². The number of hydrazine groups is 1. The third-order valence-corrected chi connectivity index (χ3v) is 6.76. The van der Waals surface area contributed by atoms with Crippen molar-refractivity contribution < 1.29 is 18.8 Å². The van der Waals surface area contributed by atoms with E-state index in [0.717, 1.165) is 36.3 Å². The van der Waals surface area contributed by atoms with E-state index in [9.17, 15) is 9.59 Å². The molecular formula is C23H25N3O4S. The minimum Gasteiger partial charge on any atom is -0.489 e. The van der Waals surface area contributed by atoms with E-state index >= 15 is 0 Å². The molecule has 0 aliphatic heterocycles. The van der Waals surface area contributed by atoms with Crippen LogP contribution in [0.25, 0.3) is 0 Å². The summed E-state index contributed by atoms with van der Waals surface area (Å²) in [5, 5.41) is 3.90. The Morgan fingerprint density at radius 3 is 2.65 bits per heavy atom. The first-order chi connectivity index (χ1) is 14.9. The predicted molar refractivity (Wildman–Crippen MR) is 117 cm³/mol. The smallest absolute Gasteiger partial charge is 0.279 e. The number of hydrogen-bond acceptors (Lipinski definition) is 6. The van der Waals surface area contributed by atoms with Gasteiger partial charge in [0.25, 0.3) is 11.8 Å². The Morgan fingerprint density at radius 1 is 1.19 bits per heavy atom. The summed E-state index contributed by atoms with van der Waals surface area (Å²) in [6.07, 6.45) is 3.19. The summed E-state index contributed by atoms with van der Waals surface area (Å²) in [6.45, 7) is 6.27. The molecule has 2 amide bonds. The van der Waals surface area contributed by atoms with Crippen LogP contribution >= 0.6 is 11.3 Å². The van der Waals surface area contributed by atoms with Crippen LogP contribution in [0.4, 0.5) is 0 Å². The van der Waals surface area contributed by atoms with Crippen molar-refractivity contribution in [2.24, 2.45) is 5.92 Å². The fourth-order valence-electron chi connectivity index (χ4n) is 3.63. The Morgan fingerprint density at radius 2 is 1.94 bits per heavy atom. The number of benzene rings is 1. The SMILES string of the molecule is Cc1noc(C)c1COc1ccc(C(=O)NNC(=O)c2cc3c(s2)CCC(C)C3)cc1. The van der Waals surface area contributed by atoms with Crippen LogP contribution in [-0.4, -0.2) is 17.0 Å². The molecule has 4 rings (SSSR count). The van der Waals surface area contributed by atoms with Gasteiger partial charge < -0.3 is 9.26 Å². The van der Waals surface area contributed by atoms with Crippen molar-refractivity contribution in [1.82, 2.24) is 16.0 Å². The third-order valence-electron chi connectivity index (χ3n) is 5.52. The zero-order chi connectivity index (χ0) is 22.0. The van der Waals surface area contributed by atoms with Crippen molar-refractivity contribution in [2.75, 3.05) is 0 Å². The van der Waals surface area contributed by atoms with E-state index in [4.69, 9.17) is 9.26 Å². The summed E-state index contributed by atoms with van der Waals surface area (Å²) in [4.78, 5) is 26.7. The monoisotopic (exact) mass is 439 g/mol. The van der Waals surface area contributed by atoms with Crippen LogP contribution in [-0.2, 0) is 19.4 Å². The van der Waals surface area contributed by atoms with E-state index in [1.807, 2.05) is 19.9 Å². The second-order valence-corrected chi connectivity index (χ2v) is 9.07. The lowest BCUT2D eigenvalue weighted by Gasteiger charge is -2.16. The number of fused-ring (bicyclic) bond motifs is 1. The van der Waals surface area contributed by atoms with E-state index in [0.29, 0.717) is 28.7 Å². The second kappa shape index (κ2) is 8.93. The quantitative estimate of drug-likeness (QED) is 0.583. The maximum atomic E-state index is 12.4. The normalized spacial score (nSPS) is 15.3. The summed E-state index contributed by atoms with van der Waals surface area (Å²) in [7, 11) is 0. The number of amides is 2. The molecule has 8 heteroatoms. The molecule has 0 fully saturated rings. The highest BCUT2D eigenvalue weighted by atomic mass is 32.1. The van der Waals surface area contributed by atoms with Crippen molar-refractivity contribution in [1.29, 1.82) is 0 Å². The van der Waals surface area contributed by atoms with Crippen LogP contribution in [0.5, 0.6) is 5.75 Å². The van der Waals surface area contributed by atoms with E-state index in [2.05, 4.69) is 22.9 Å². The molecule has 1 aromatic carbocycles. The van der Waals surface area contributed by atoms with Gasteiger partial charge >= 0.3 is 0 Å². The molecule has 0 bridgehead atoms. The molecule has 2 aromatic heterocycles. The maximum Gasteiger partial charge on any atom is 0.279 e. The molecule has 31 heavy (non-hydrogen) atoms. The highest BCUT2D eigenvalue weighted by Gasteiger charge is 2.21. The van der Waals surface area contributed by atoms with Gasteiger partial charge in [-0.05, 0) is 74.9 Å². The highest BCUT2D eigenvalue weighted by Crippen LogP contribution is 2.32. The average molecular weight is 440 g/mol. The number of nitrogens with zero attached hydrogens (tertiary/aromatic N) is 1. The first-order valence-electron chi connectivity index (χ1n) is 10.3. The summed E-state index contributed by atoms with van der Waals surface area (Å²) in [6, 6.07) is 8.67. The van der Waals surface area contributed by atoms with Gasteiger partial charge in [-0.25, -0.2) is 0 Å². The van der Waals surface area contributed by atoms with Crippen LogP contribution in [0.3, 0.4) is 0 Å². The summed E-state index contributed by atoms with van der Waals surface area (Å²) in [5.74, 6) is 1.32. The largest absolute Gasteiger partial charge is 0.489 e. The van der Waals surface area contributed by atoms with Crippen LogP contribution < -0.4 is 15.6 Å². The highest BCUT2D eigenvalue weighted by molar-refractivity contribution is 7.14. The van der Waals surface area contributed by atoms with E-state index in [-0.39, 0.29) is 11.8 Å². The molecule has 1 atom stereocenters. The van der Waals surface area contributed by atoms with Gasteiger partial charge in [-0.15, -0.1) is 11.3 Å². The summed E-state index contributed by atoms with van der Waals surface area (Å²) >= 11 is 1.51. The lowest BCUT2D eigenvalue weighted by Crippen LogP contribution is -2.41. The number of hydrogen-bond donors (Lipinski definition) is 2. The van der Waals surface area contributed by atoms with Gasteiger partial charge in [0.1, 0.15) is 18.1 Å². The number of nitrogens with one attached hydrogen (secondary N) is 2. The van der Waals surface area contributed by atoms with Gasteiger partial charge in [-0.1, -0.05) is 12.1 Å². The minimum absolute atomic E-state index is 0.292. The first-order valence-corrected chi connectivity index (χ1v) is 11.1. The Labute approximate surface area is 184 Å². The van der Waals surface area contributed by atoms with E-state index < -0.39 is 0 Å². The zero-order valence-corrected chi connectivity index (χ0v) is 18.6. The Balaban J connectivity index is 1.30. The van der Waals surface area contributed by atoms with Gasteiger partial charge in [0.15, 0.2) is 0 Å². The molecule has 1 unspecified atom stereocenters. The Bertz CT molecular complexity index is 1080. The van der Waals surface area contributed by atoms with Gasteiger partial charge in [-0.2, -0.15) is 0 Å². The number of rotatable bonds is 5. The van der Waals surface area contributed by atoms with Crippen molar-refractivity contribution in [3.63, 3.8) is 0 Å². The molecular weight excluding hydrogens is 414 g/mol. The number of aromatic nitrogens is 1. The standard InChI is InChI=1S/C23H25N3O4S/c1-13-4-9-20-17(10-13)11-21(31-20)23(28)25-24-22(27)16-5-7-18(8-6-16)29-12-19-14(2)26-30-15(19)3/h5-8,11,13H,4,9-10,12H2,1-3H3,(H,24,27)(H,25,28). The molecule has 2 N–H and O–H groups in total. The third kappa shape index (κ3) is 4.80. The Kier molecular flexibility index (Phi) is 6.08. The maximum absolute atomic E-state index is 12.4. The number of ether oxygens (including phenoxy) is 1. The summed E-state index contributed by atoms with van der Waals surface area (Å²) in [5.41, 5.74) is 8.38. The topological polar surface area (TPSA) is 93.5 Å². The van der Waals surface area contributed by atoms with Crippen molar-refractivity contribution in [3.8, 4) is 5.75 Å². The molecule has 2 heterocycles. The van der Waals surface area contributed by atoms with Crippen molar-refractivity contribution in [3.05, 3.63) is 68.2 Å². The number of carbonyl (C=O) groups is 2. The molecule has 162 valence electrons. The van der Waals surface area contributed by atoms with Gasteiger partial charge in [0.2, 0.25) is 0 Å². The molecule has 0 saturated heterocycles. The molecule has 1 aliphatic carbocycles.